The minimum absolute atomic E-state index is 0.0904. The SMILES string of the molecule is CNC(=O)c1ccc(CN(C)C(=O)CC2CCCC(C)C2)cc1. The van der Waals surface area contributed by atoms with Crippen LogP contribution in [0, 0.1) is 11.8 Å². The topological polar surface area (TPSA) is 49.4 Å². The van der Waals surface area contributed by atoms with Gasteiger partial charge in [0.25, 0.3) is 5.91 Å². The van der Waals surface area contributed by atoms with E-state index in [9.17, 15) is 9.59 Å². The predicted octanol–water partition coefficient (Wildman–Crippen LogP) is 3.22. The second kappa shape index (κ2) is 8.14. The largest absolute Gasteiger partial charge is 0.355 e. The molecule has 1 aromatic carbocycles. The van der Waals surface area contributed by atoms with E-state index in [0.29, 0.717) is 24.4 Å². The maximum absolute atomic E-state index is 12.4. The van der Waals surface area contributed by atoms with Crippen molar-refractivity contribution in [1.29, 1.82) is 0 Å². The van der Waals surface area contributed by atoms with E-state index in [1.165, 1.54) is 25.7 Å². The summed E-state index contributed by atoms with van der Waals surface area (Å²) in [6.07, 6.45) is 5.59. The minimum Gasteiger partial charge on any atom is -0.355 e. The van der Waals surface area contributed by atoms with E-state index >= 15 is 0 Å². The van der Waals surface area contributed by atoms with Gasteiger partial charge in [0.05, 0.1) is 0 Å². The van der Waals surface area contributed by atoms with Gasteiger partial charge in [-0.2, -0.15) is 0 Å². The molecule has 1 aliphatic carbocycles. The van der Waals surface area contributed by atoms with Crippen molar-refractivity contribution in [2.45, 2.75) is 45.6 Å². The van der Waals surface area contributed by atoms with Gasteiger partial charge >= 0.3 is 0 Å². The molecule has 2 rings (SSSR count). The number of carbonyl (C=O) groups is 2. The molecule has 0 aliphatic heterocycles. The second-order valence-corrected chi connectivity index (χ2v) is 6.87. The summed E-state index contributed by atoms with van der Waals surface area (Å²) < 4.78 is 0. The van der Waals surface area contributed by atoms with Crippen LogP contribution in [0.5, 0.6) is 0 Å². The molecule has 2 atom stereocenters. The normalized spacial score (nSPS) is 20.8. The summed E-state index contributed by atoms with van der Waals surface area (Å²) in [6, 6.07) is 7.43. The van der Waals surface area contributed by atoms with E-state index in [2.05, 4.69) is 12.2 Å². The first-order chi connectivity index (χ1) is 11.0. The molecule has 126 valence electrons. The number of hydrogen-bond donors (Lipinski definition) is 1. The Bertz CT molecular complexity index is 539. The maximum Gasteiger partial charge on any atom is 0.251 e. The molecule has 1 saturated carbocycles. The molecular formula is C19H28N2O2. The van der Waals surface area contributed by atoms with Gasteiger partial charge in [0.1, 0.15) is 0 Å². The van der Waals surface area contributed by atoms with Crippen LogP contribution in [0.3, 0.4) is 0 Å². The Morgan fingerprint density at radius 2 is 1.91 bits per heavy atom. The molecule has 0 bridgehead atoms. The first-order valence-electron chi connectivity index (χ1n) is 8.54. The van der Waals surface area contributed by atoms with Gasteiger partial charge < -0.3 is 10.2 Å². The van der Waals surface area contributed by atoms with Gasteiger partial charge in [-0.15, -0.1) is 0 Å². The Balaban J connectivity index is 1.86. The van der Waals surface area contributed by atoms with Crippen LogP contribution in [0.2, 0.25) is 0 Å². The molecule has 4 nitrogen and oxygen atoms in total. The predicted molar refractivity (Wildman–Crippen MR) is 92.0 cm³/mol. The number of nitrogens with zero attached hydrogens (tertiary/aromatic N) is 1. The van der Waals surface area contributed by atoms with Crippen LogP contribution >= 0.6 is 0 Å². The summed E-state index contributed by atoms with van der Waals surface area (Å²) in [5, 5.41) is 2.61. The van der Waals surface area contributed by atoms with Crippen LogP contribution in [0.15, 0.2) is 24.3 Å². The van der Waals surface area contributed by atoms with Crippen molar-refractivity contribution in [1.82, 2.24) is 10.2 Å². The van der Waals surface area contributed by atoms with E-state index in [1.54, 1.807) is 24.1 Å². The van der Waals surface area contributed by atoms with Gasteiger partial charge in [-0.25, -0.2) is 0 Å². The standard InChI is InChI=1S/C19H28N2O2/c1-14-5-4-6-16(11-14)12-18(22)21(3)13-15-7-9-17(10-8-15)19(23)20-2/h7-10,14,16H,4-6,11-13H2,1-3H3,(H,20,23). The van der Waals surface area contributed by atoms with Crippen molar-refractivity contribution in [2.24, 2.45) is 11.8 Å². The molecule has 1 fully saturated rings. The molecule has 1 N–H and O–H groups in total. The lowest BCUT2D eigenvalue weighted by atomic mass is 9.80. The zero-order chi connectivity index (χ0) is 16.8. The quantitative estimate of drug-likeness (QED) is 0.907. The van der Waals surface area contributed by atoms with E-state index in [-0.39, 0.29) is 11.8 Å². The fraction of sp³-hybridized carbons (Fsp3) is 0.579. The average Bonchev–Trinajstić information content (AvgIpc) is 2.54. The van der Waals surface area contributed by atoms with Gasteiger partial charge in [0, 0.05) is 32.6 Å². The van der Waals surface area contributed by atoms with Crippen molar-refractivity contribution in [3.8, 4) is 0 Å². The first kappa shape index (κ1) is 17.5. The highest BCUT2D eigenvalue weighted by Crippen LogP contribution is 2.31. The van der Waals surface area contributed by atoms with Crippen LogP contribution in [-0.4, -0.2) is 30.8 Å². The van der Waals surface area contributed by atoms with Crippen molar-refractivity contribution in [3.63, 3.8) is 0 Å². The fourth-order valence-corrected chi connectivity index (χ4v) is 3.42. The summed E-state index contributed by atoms with van der Waals surface area (Å²) in [6.45, 7) is 2.88. The highest BCUT2D eigenvalue weighted by molar-refractivity contribution is 5.93. The summed E-state index contributed by atoms with van der Waals surface area (Å²) in [5.74, 6) is 1.43. The smallest absolute Gasteiger partial charge is 0.251 e. The molecule has 2 amide bonds. The average molecular weight is 316 g/mol. The Morgan fingerprint density at radius 3 is 2.52 bits per heavy atom. The van der Waals surface area contributed by atoms with E-state index in [0.717, 1.165) is 11.5 Å². The number of hydrogen-bond acceptors (Lipinski definition) is 2. The van der Waals surface area contributed by atoms with Gasteiger partial charge in [0.15, 0.2) is 0 Å². The van der Waals surface area contributed by atoms with Crippen molar-refractivity contribution >= 4 is 11.8 Å². The summed E-state index contributed by atoms with van der Waals surface area (Å²) >= 11 is 0. The number of benzene rings is 1. The third-order valence-corrected chi connectivity index (χ3v) is 4.80. The highest BCUT2D eigenvalue weighted by atomic mass is 16.2. The lowest BCUT2D eigenvalue weighted by Crippen LogP contribution is -2.29. The van der Waals surface area contributed by atoms with Crippen LogP contribution in [0.1, 0.15) is 54.9 Å². The Labute approximate surface area is 139 Å². The molecule has 0 aromatic heterocycles. The molecule has 4 heteroatoms. The van der Waals surface area contributed by atoms with Crippen molar-refractivity contribution in [3.05, 3.63) is 35.4 Å². The number of carbonyl (C=O) groups excluding carboxylic acids is 2. The first-order valence-corrected chi connectivity index (χ1v) is 8.54. The molecule has 1 aliphatic rings. The third-order valence-electron chi connectivity index (χ3n) is 4.80. The summed E-state index contributed by atoms with van der Waals surface area (Å²) in [7, 11) is 3.48. The Hall–Kier alpha value is -1.84. The van der Waals surface area contributed by atoms with Gasteiger partial charge in [-0.05, 0) is 42.4 Å². The van der Waals surface area contributed by atoms with Gasteiger partial charge in [-0.3, -0.25) is 9.59 Å². The van der Waals surface area contributed by atoms with Crippen LogP contribution in [-0.2, 0) is 11.3 Å². The van der Waals surface area contributed by atoms with Gasteiger partial charge in [-0.1, -0.05) is 31.9 Å². The van der Waals surface area contributed by atoms with Crippen LogP contribution in [0.4, 0.5) is 0 Å². The summed E-state index contributed by atoms with van der Waals surface area (Å²) in [5.41, 5.74) is 1.69. The van der Waals surface area contributed by atoms with Crippen molar-refractivity contribution < 1.29 is 9.59 Å². The Kier molecular flexibility index (Phi) is 6.20. The number of rotatable bonds is 5. The van der Waals surface area contributed by atoms with E-state index < -0.39 is 0 Å². The molecule has 0 heterocycles. The molecule has 23 heavy (non-hydrogen) atoms. The molecule has 0 saturated heterocycles. The lowest BCUT2D eigenvalue weighted by molar-refractivity contribution is -0.131. The Morgan fingerprint density at radius 1 is 1.22 bits per heavy atom. The van der Waals surface area contributed by atoms with Gasteiger partial charge in [0.2, 0.25) is 5.91 Å². The van der Waals surface area contributed by atoms with Crippen molar-refractivity contribution in [2.75, 3.05) is 14.1 Å². The minimum atomic E-state index is -0.0904. The van der Waals surface area contributed by atoms with Crippen LogP contribution < -0.4 is 5.32 Å². The molecule has 1 aromatic rings. The monoisotopic (exact) mass is 316 g/mol. The van der Waals surface area contributed by atoms with E-state index in [4.69, 9.17) is 0 Å². The second-order valence-electron chi connectivity index (χ2n) is 6.87. The zero-order valence-corrected chi connectivity index (χ0v) is 14.5. The zero-order valence-electron chi connectivity index (χ0n) is 14.5. The highest BCUT2D eigenvalue weighted by Gasteiger charge is 2.22. The molecule has 2 unspecified atom stereocenters. The number of nitrogens with one attached hydrogen (secondary N) is 1. The third kappa shape index (κ3) is 5.08. The van der Waals surface area contributed by atoms with E-state index in [1.807, 2.05) is 19.2 Å². The fourth-order valence-electron chi connectivity index (χ4n) is 3.42. The maximum atomic E-state index is 12.4. The molecule has 0 radical (unpaired) electrons. The molecule has 0 spiro atoms. The van der Waals surface area contributed by atoms with Crippen LogP contribution in [0.25, 0.3) is 0 Å². The molecular weight excluding hydrogens is 288 g/mol. The number of amides is 2. The summed E-state index contributed by atoms with van der Waals surface area (Å²) in [4.78, 5) is 25.7. The lowest BCUT2D eigenvalue weighted by Gasteiger charge is -2.28.